The summed E-state index contributed by atoms with van der Waals surface area (Å²) in [6.45, 7) is 0. The van der Waals surface area contributed by atoms with Crippen molar-refractivity contribution < 1.29 is 0 Å². The SMILES string of the molecule is c1ccc(-c2nc(-c3ccc4c(c3)-c3ccccc3C43c4ccccc4C4(c5ccccc5Sc5ccccc54)c4ccccc43)nc(-c3cccc4ccccc34)n2)cc1. The van der Waals surface area contributed by atoms with Crippen LogP contribution in [0.5, 0.6) is 0 Å². The summed E-state index contributed by atoms with van der Waals surface area (Å²) in [6, 6.07) is 77.6. The molecule has 2 heterocycles. The van der Waals surface area contributed by atoms with E-state index in [1.165, 1.54) is 65.4 Å². The predicted molar refractivity (Wildman–Crippen MR) is 247 cm³/mol. The summed E-state index contributed by atoms with van der Waals surface area (Å²) >= 11 is 1.88. The maximum absolute atomic E-state index is 5.28. The number of rotatable bonds is 3. The van der Waals surface area contributed by atoms with Crippen LogP contribution in [0.2, 0.25) is 0 Å². The van der Waals surface area contributed by atoms with Gasteiger partial charge in [-0.15, -0.1) is 0 Å². The Bertz CT molecular complexity index is 3330. The third-order valence-electron chi connectivity index (χ3n) is 13.3. The molecule has 1 aromatic heterocycles. The number of benzene rings is 9. The van der Waals surface area contributed by atoms with Gasteiger partial charge >= 0.3 is 0 Å². The van der Waals surface area contributed by atoms with Gasteiger partial charge in [-0.1, -0.05) is 206 Å². The van der Waals surface area contributed by atoms with Gasteiger partial charge in [0.1, 0.15) is 0 Å². The lowest BCUT2D eigenvalue weighted by molar-refractivity contribution is 0.605. The highest BCUT2D eigenvalue weighted by atomic mass is 32.2. The lowest BCUT2D eigenvalue weighted by atomic mass is 9.51. The molecule has 9 aromatic carbocycles. The average molecular weight is 794 g/mol. The first-order chi connectivity index (χ1) is 30.2. The van der Waals surface area contributed by atoms with E-state index in [1.54, 1.807) is 0 Å². The molecule has 0 N–H and O–H groups in total. The van der Waals surface area contributed by atoms with Crippen molar-refractivity contribution in [2.45, 2.75) is 20.6 Å². The van der Waals surface area contributed by atoms with Gasteiger partial charge in [-0.05, 0) is 84.6 Å². The third-order valence-corrected chi connectivity index (χ3v) is 14.4. The molecule has 0 fully saturated rings. The molecule has 3 aliphatic rings. The Morgan fingerprint density at radius 3 is 1.43 bits per heavy atom. The standard InChI is InChI=1S/C57H35N3S/c1-2-18-37(19-3-1)53-58-54(60-55(59-53)41-23-16-20-36-17-4-5-21-39(36)41)38-33-34-44-42(35-38)40-22-6-7-24-43(40)56(44)45-25-8-10-27-47(45)57(48-28-11-9-26-46(48)56)49-29-12-14-31-51(49)61-52-32-15-13-30-50(52)57/h1-35H. The van der Waals surface area contributed by atoms with Crippen LogP contribution >= 0.6 is 11.8 Å². The average Bonchev–Trinajstić information content (AvgIpc) is 3.63. The molecule has 284 valence electrons. The molecule has 2 spiro atoms. The second kappa shape index (κ2) is 13.0. The molecule has 4 heteroatoms. The number of fused-ring (bicyclic) bond motifs is 16. The van der Waals surface area contributed by atoms with Crippen LogP contribution in [0.1, 0.15) is 44.5 Å². The summed E-state index contributed by atoms with van der Waals surface area (Å²) in [4.78, 5) is 18.2. The summed E-state index contributed by atoms with van der Waals surface area (Å²) in [5.41, 5.74) is 14.7. The molecule has 0 saturated heterocycles. The van der Waals surface area contributed by atoms with Crippen molar-refractivity contribution in [3.8, 4) is 45.3 Å². The van der Waals surface area contributed by atoms with Crippen molar-refractivity contribution in [2.24, 2.45) is 0 Å². The zero-order valence-corrected chi connectivity index (χ0v) is 33.8. The van der Waals surface area contributed by atoms with Crippen molar-refractivity contribution in [3.05, 3.63) is 257 Å². The summed E-state index contributed by atoms with van der Waals surface area (Å²) in [5, 5.41) is 2.26. The summed E-state index contributed by atoms with van der Waals surface area (Å²) in [5.74, 6) is 1.96. The van der Waals surface area contributed by atoms with Gasteiger partial charge in [0.2, 0.25) is 0 Å². The van der Waals surface area contributed by atoms with Crippen molar-refractivity contribution in [3.63, 3.8) is 0 Å². The van der Waals surface area contributed by atoms with Gasteiger partial charge in [0.15, 0.2) is 17.5 Å². The fraction of sp³-hybridized carbons (Fsp3) is 0.0351. The fourth-order valence-electron chi connectivity index (χ4n) is 10.9. The smallest absolute Gasteiger partial charge is 0.164 e. The minimum atomic E-state index is -0.570. The van der Waals surface area contributed by atoms with Crippen LogP contribution in [0.25, 0.3) is 56.1 Å². The number of hydrogen-bond donors (Lipinski definition) is 0. The van der Waals surface area contributed by atoms with Crippen molar-refractivity contribution in [1.29, 1.82) is 0 Å². The molecule has 61 heavy (non-hydrogen) atoms. The normalized spacial score (nSPS) is 14.4. The van der Waals surface area contributed by atoms with Crippen LogP contribution in [0, 0.1) is 0 Å². The number of aromatic nitrogens is 3. The first-order valence-corrected chi connectivity index (χ1v) is 21.7. The van der Waals surface area contributed by atoms with Crippen LogP contribution in [0.4, 0.5) is 0 Å². The molecule has 3 nitrogen and oxygen atoms in total. The van der Waals surface area contributed by atoms with E-state index in [9.17, 15) is 0 Å². The zero-order chi connectivity index (χ0) is 40.1. The van der Waals surface area contributed by atoms with Crippen LogP contribution in [-0.2, 0) is 10.8 Å². The van der Waals surface area contributed by atoms with Gasteiger partial charge in [0, 0.05) is 26.5 Å². The number of hydrogen-bond acceptors (Lipinski definition) is 4. The van der Waals surface area contributed by atoms with Crippen LogP contribution in [0.15, 0.2) is 222 Å². The Morgan fingerprint density at radius 1 is 0.295 bits per heavy atom. The van der Waals surface area contributed by atoms with Gasteiger partial charge in [0.05, 0.1) is 10.8 Å². The van der Waals surface area contributed by atoms with E-state index < -0.39 is 10.8 Å². The van der Waals surface area contributed by atoms with E-state index in [0.29, 0.717) is 17.5 Å². The van der Waals surface area contributed by atoms with Crippen molar-refractivity contribution >= 4 is 22.5 Å². The highest BCUT2D eigenvalue weighted by Gasteiger charge is 2.58. The van der Waals surface area contributed by atoms with E-state index in [2.05, 4.69) is 194 Å². The Morgan fingerprint density at radius 2 is 0.754 bits per heavy atom. The molecular formula is C57H35N3S. The Labute approximate surface area is 358 Å². The van der Waals surface area contributed by atoms with Gasteiger partial charge in [0.25, 0.3) is 0 Å². The summed E-state index contributed by atoms with van der Waals surface area (Å²) in [6.07, 6.45) is 0. The van der Waals surface area contributed by atoms with E-state index in [0.717, 1.165) is 27.5 Å². The van der Waals surface area contributed by atoms with Crippen LogP contribution in [0.3, 0.4) is 0 Å². The van der Waals surface area contributed by atoms with E-state index in [1.807, 2.05) is 30.0 Å². The second-order valence-electron chi connectivity index (χ2n) is 16.2. The quantitative estimate of drug-likeness (QED) is 0.179. The van der Waals surface area contributed by atoms with Crippen LogP contribution < -0.4 is 0 Å². The first kappa shape index (κ1) is 34.5. The largest absolute Gasteiger partial charge is 0.208 e. The molecule has 0 bridgehead atoms. The maximum Gasteiger partial charge on any atom is 0.164 e. The lowest BCUT2D eigenvalue weighted by Crippen LogP contribution is -2.45. The molecule has 13 rings (SSSR count). The molecule has 0 unspecified atom stereocenters. The minimum Gasteiger partial charge on any atom is -0.208 e. The van der Waals surface area contributed by atoms with Crippen LogP contribution in [-0.4, -0.2) is 15.0 Å². The Hall–Kier alpha value is -7.40. The van der Waals surface area contributed by atoms with Gasteiger partial charge in [-0.2, -0.15) is 0 Å². The molecule has 1 aliphatic heterocycles. The topological polar surface area (TPSA) is 38.7 Å². The highest BCUT2D eigenvalue weighted by molar-refractivity contribution is 7.99. The van der Waals surface area contributed by atoms with Gasteiger partial charge in [-0.25, -0.2) is 15.0 Å². The Balaban J connectivity index is 1.08. The van der Waals surface area contributed by atoms with E-state index in [-0.39, 0.29) is 0 Å². The molecule has 0 radical (unpaired) electrons. The molecule has 0 saturated carbocycles. The van der Waals surface area contributed by atoms with Gasteiger partial charge < -0.3 is 0 Å². The van der Waals surface area contributed by atoms with Gasteiger partial charge in [-0.3, -0.25) is 0 Å². The number of nitrogens with zero attached hydrogens (tertiary/aromatic N) is 3. The summed E-state index contributed by atoms with van der Waals surface area (Å²) in [7, 11) is 0. The van der Waals surface area contributed by atoms with E-state index >= 15 is 0 Å². The molecule has 0 amide bonds. The monoisotopic (exact) mass is 793 g/mol. The predicted octanol–water partition coefficient (Wildman–Crippen LogP) is 13.5. The third kappa shape index (κ3) is 4.68. The van der Waals surface area contributed by atoms with E-state index in [4.69, 9.17) is 15.0 Å². The first-order valence-electron chi connectivity index (χ1n) is 20.9. The Kier molecular flexibility index (Phi) is 7.37. The highest BCUT2D eigenvalue weighted by Crippen LogP contribution is 2.67. The van der Waals surface area contributed by atoms with Crippen molar-refractivity contribution in [1.82, 2.24) is 15.0 Å². The molecular weight excluding hydrogens is 759 g/mol. The molecule has 0 atom stereocenters. The van der Waals surface area contributed by atoms with Crippen molar-refractivity contribution in [2.75, 3.05) is 0 Å². The minimum absolute atomic E-state index is 0.509. The molecule has 2 aliphatic carbocycles. The zero-order valence-electron chi connectivity index (χ0n) is 33.0. The summed E-state index contributed by atoms with van der Waals surface area (Å²) < 4.78 is 0. The lowest BCUT2D eigenvalue weighted by Gasteiger charge is -2.51. The maximum atomic E-state index is 5.28. The molecule has 10 aromatic rings. The second-order valence-corrected chi connectivity index (χ2v) is 17.3. The fourth-order valence-corrected chi connectivity index (χ4v) is 12.1.